The number of nitrogens with zero attached hydrogens (tertiary/aromatic N) is 1. The molecule has 1 aliphatic rings. The van der Waals surface area contributed by atoms with Gasteiger partial charge in [-0.3, -0.25) is 9.79 Å². The van der Waals surface area contributed by atoms with Crippen molar-refractivity contribution in [3.05, 3.63) is 11.3 Å². The molecule has 1 rings (SSSR count). The molecule has 0 saturated heterocycles. The van der Waals surface area contributed by atoms with Crippen LogP contribution in [0.15, 0.2) is 16.3 Å². The van der Waals surface area contributed by atoms with Crippen molar-refractivity contribution in [2.45, 2.75) is 27.2 Å². The molecule has 0 bridgehead atoms. The number of rotatable bonds is 4. The summed E-state index contributed by atoms with van der Waals surface area (Å²) in [6, 6.07) is 0. The van der Waals surface area contributed by atoms with Gasteiger partial charge in [-0.1, -0.05) is 0 Å². The van der Waals surface area contributed by atoms with E-state index in [1.807, 2.05) is 0 Å². The molecule has 94 valence electrons. The van der Waals surface area contributed by atoms with Gasteiger partial charge in [0.1, 0.15) is 0 Å². The third kappa shape index (κ3) is 3.41. The van der Waals surface area contributed by atoms with Crippen LogP contribution in [-0.2, 0) is 19.1 Å². The summed E-state index contributed by atoms with van der Waals surface area (Å²) in [6.45, 7) is 5.84. The fourth-order valence-corrected chi connectivity index (χ4v) is 1.54. The molecule has 0 saturated carbocycles. The second-order valence-corrected chi connectivity index (χ2v) is 3.63. The lowest BCUT2D eigenvalue weighted by Gasteiger charge is -2.17. The van der Waals surface area contributed by atoms with Gasteiger partial charge in [-0.05, 0) is 27.2 Å². The van der Waals surface area contributed by atoms with E-state index in [0.717, 1.165) is 0 Å². The SMILES string of the molecule is CCOC(=O)C1=C(C)N=CC(C(=O)OCC)C1. The number of aliphatic imine (C=N–C) groups is 1. The Bertz CT molecular complexity index is 371. The van der Waals surface area contributed by atoms with Crippen molar-refractivity contribution in [2.24, 2.45) is 10.9 Å². The first-order valence-electron chi connectivity index (χ1n) is 5.67. The summed E-state index contributed by atoms with van der Waals surface area (Å²) in [5.74, 6) is -1.25. The summed E-state index contributed by atoms with van der Waals surface area (Å²) >= 11 is 0. The molecule has 0 N–H and O–H groups in total. The molecule has 1 unspecified atom stereocenters. The monoisotopic (exact) mass is 239 g/mol. The first kappa shape index (κ1) is 13.4. The van der Waals surface area contributed by atoms with Crippen LogP contribution in [0, 0.1) is 5.92 Å². The molecule has 0 amide bonds. The van der Waals surface area contributed by atoms with Gasteiger partial charge in [0.2, 0.25) is 0 Å². The van der Waals surface area contributed by atoms with Crippen LogP contribution in [0.1, 0.15) is 27.2 Å². The third-order valence-corrected chi connectivity index (χ3v) is 2.42. The zero-order valence-electron chi connectivity index (χ0n) is 10.4. The van der Waals surface area contributed by atoms with Gasteiger partial charge in [0.15, 0.2) is 0 Å². The maximum atomic E-state index is 11.6. The molecular weight excluding hydrogens is 222 g/mol. The van der Waals surface area contributed by atoms with E-state index in [0.29, 0.717) is 30.9 Å². The van der Waals surface area contributed by atoms with E-state index >= 15 is 0 Å². The quantitative estimate of drug-likeness (QED) is 0.697. The summed E-state index contributed by atoms with van der Waals surface area (Å²) in [5.41, 5.74) is 1.05. The highest BCUT2D eigenvalue weighted by molar-refractivity contribution is 5.97. The highest BCUT2D eigenvalue weighted by Crippen LogP contribution is 2.22. The van der Waals surface area contributed by atoms with E-state index in [4.69, 9.17) is 9.47 Å². The smallest absolute Gasteiger partial charge is 0.335 e. The number of ether oxygens (including phenoxy) is 2. The van der Waals surface area contributed by atoms with Crippen molar-refractivity contribution in [1.82, 2.24) is 0 Å². The molecule has 0 aliphatic carbocycles. The molecule has 1 atom stereocenters. The Balaban J connectivity index is 2.75. The number of esters is 2. The van der Waals surface area contributed by atoms with Gasteiger partial charge in [-0.2, -0.15) is 0 Å². The highest BCUT2D eigenvalue weighted by Gasteiger charge is 2.27. The van der Waals surface area contributed by atoms with E-state index in [1.54, 1.807) is 20.8 Å². The third-order valence-electron chi connectivity index (χ3n) is 2.42. The molecule has 1 aliphatic heterocycles. The van der Waals surface area contributed by atoms with E-state index in [-0.39, 0.29) is 5.97 Å². The predicted octanol–water partition coefficient (Wildman–Crippen LogP) is 1.48. The largest absolute Gasteiger partial charge is 0.465 e. The normalized spacial score (nSPS) is 19.1. The first-order chi connectivity index (χ1) is 8.10. The summed E-state index contributed by atoms with van der Waals surface area (Å²) in [5, 5.41) is 0. The molecule has 0 aromatic heterocycles. The standard InChI is InChI=1S/C12H17NO4/c1-4-16-11(14)9-6-10(8(3)13-7-9)12(15)17-5-2/h7,9H,4-6H2,1-3H3. The maximum absolute atomic E-state index is 11.6. The minimum Gasteiger partial charge on any atom is -0.465 e. The Morgan fingerprint density at radius 3 is 2.59 bits per heavy atom. The molecule has 5 heteroatoms. The van der Waals surface area contributed by atoms with Gasteiger partial charge in [-0.25, -0.2) is 4.79 Å². The number of allylic oxidation sites excluding steroid dienone is 1. The lowest BCUT2D eigenvalue weighted by atomic mass is 9.96. The van der Waals surface area contributed by atoms with E-state index in [1.165, 1.54) is 6.21 Å². The zero-order valence-corrected chi connectivity index (χ0v) is 10.4. The number of carbonyl (C=O) groups excluding carboxylic acids is 2. The van der Waals surface area contributed by atoms with Gasteiger partial charge < -0.3 is 9.47 Å². The summed E-state index contributed by atoms with van der Waals surface area (Å²) in [6.07, 6.45) is 1.82. The van der Waals surface area contributed by atoms with Gasteiger partial charge in [0.05, 0.1) is 24.7 Å². The highest BCUT2D eigenvalue weighted by atomic mass is 16.5. The topological polar surface area (TPSA) is 65.0 Å². The van der Waals surface area contributed by atoms with Crippen molar-refractivity contribution >= 4 is 18.2 Å². The number of hydrogen-bond donors (Lipinski definition) is 0. The van der Waals surface area contributed by atoms with Crippen molar-refractivity contribution in [2.75, 3.05) is 13.2 Å². The van der Waals surface area contributed by atoms with Crippen LogP contribution in [0.4, 0.5) is 0 Å². The van der Waals surface area contributed by atoms with Crippen molar-refractivity contribution in [3.8, 4) is 0 Å². The Labute approximate surface area is 101 Å². The Kier molecular flexibility index (Phi) is 4.87. The van der Waals surface area contributed by atoms with Crippen LogP contribution in [-0.4, -0.2) is 31.4 Å². The molecule has 0 aromatic rings. The number of carbonyl (C=O) groups is 2. The molecular formula is C12H17NO4. The van der Waals surface area contributed by atoms with Gasteiger partial charge in [0.25, 0.3) is 0 Å². The number of hydrogen-bond acceptors (Lipinski definition) is 5. The van der Waals surface area contributed by atoms with Crippen LogP contribution in [0.2, 0.25) is 0 Å². The van der Waals surface area contributed by atoms with Crippen LogP contribution in [0.3, 0.4) is 0 Å². The molecule has 0 aromatic carbocycles. The summed E-state index contributed by atoms with van der Waals surface area (Å²) in [4.78, 5) is 27.2. The summed E-state index contributed by atoms with van der Waals surface area (Å²) in [7, 11) is 0. The van der Waals surface area contributed by atoms with Gasteiger partial charge in [0, 0.05) is 11.9 Å². The van der Waals surface area contributed by atoms with E-state index in [2.05, 4.69) is 4.99 Å². The molecule has 17 heavy (non-hydrogen) atoms. The van der Waals surface area contributed by atoms with Crippen LogP contribution < -0.4 is 0 Å². The molecule has 0 radical (unpaired) electrons. The second-order valence-electron chi connectivity index (χ2n) is 3.63. The fraction of sp³-hybridized carbons (Fsp3) is 0.583. The average molecular weight is 239 g/mol. The molecule has 0 spiro atoms. The van der Waals surface area contributed by atoms with Crippen LogP contribution in [0.25, 0.3) is 0 Å². The van der Waals surface area contributed by atoms with Crippen LogP contribution in [0.5, 0.6) is 0 Å². The van der Waals surface area contributed by atoms with E-state index in [9.17, 15) is 9.59 Å². The maximum Gasteiger partial charge on any atom is 0.335 e. The minimum atomic E-state index is -0.488. The van der Waals surface area contributed by atoms with Gasteiger partial charge >= 0.3 is 11.9 Å². The second kappa shape index (κ2) is 6.18. The van der Waals surface area contributed by atoms with E-state index < -0.39 is 11.9 Å². The lowest BCUT2D eigenvalue weighted by molar-refractivity contribution is -0.145. The Morgan fingerprint density at radius 2 is 2.00 bits per heavy atom. The average Bonchev–Trinajstić information content (AvgIpc) is 2.30. The van der Waals surface area contributed by atoms with Crippen molar-refractivity contribution in [1.29, 1.82) is 0 Å². The first-order valence-corrected chi connectivity index (χ1v) is 5.67. The molecule has 0 fully saturated rings. The van der Waals surface area contributed by atoms with Crippen molar-refractivity contribution in [3.63, 3.8) is 0 Å². The predicted molar refractivity (Wildman–Crippen MR) is 62.6 cm³/mol. The Morgan fingerprint density at radius 1 is 1.35 bits per heavy atom. The zero-order chi connectivity index (χ0) is 12.8. The van der Waals surface area contributed by atoms with Crippen LogP contribution >= 0.6 is 0 Å². The Hall–Kier alpha value is -1.65. The lowest BCUT2D eigenvalue weighted by Crippen LogP contribution is -2.25. The minimum absolute atomic E-state index is 0.299. The van der Waals surface area contributed by atoms with Crippen molar-refractivity contribution < 1.29 is 19.1 Å². The van der Waals surface area contributed by atoms with Gasteiger partial charge in [-0.15, -0.1) is 0 Å². The molecule has 5 nitrogen and oxygen atoms in total. The molecule has 1 heterocycles. The summed E-state index contributed by atoms with van der Waals surface area (Å²) < 4.78 is 9.82. The fourth-order valence-electron chi connectivity index (χ4n) is 1.54.